The number of nitrogens with zero attached hydrogens (tertiary/aromatic N) is 2. The number of hydrogen-bond acceptors (Lipinski definition) is 4. The van der Waals surface area contributed by atoms with Crippen molar-refractivity contribution in [2.75, 3.05) is 5.32 Å². The topological polar surface area (TPSA) is 102 Å². The number of benzene rings is 2. The van der Waals surface area contributed by atoms with Crippen molar-refractivity contribution in [3.63, 3.8) is 0 Å². The van der Waals surface area contributed by atoms with Gasteiger partial charge in [0.2, 0.25) is 11.8 Å². The number of hydrazine groups is 1. The van der Waals surface area contributed by atoms with Crippen LogP contribution in [0.4, 0.5) is 10.1 Å². The van der Waals surface area contributed by atoms with Crippen LogP contribution in [0, 0.1) is 5.82 Å². The van der Waals surface area contributed by atoms with Crippen molar-refractivity contribution in [1.82, 2.24) is 15.2 Å². The number of carbonyl (C=O) groups excluding carboxylic acids is 2. The lowest BCUT2D eigenvalue weighted by Gasteiger charge is -2.05. The van der Waals surface area contributed by atoms with Crippen molar-refractivity contribution in [3.05, 3.63) is 77.7 Å². The van der Waals surface area contributed by atoms with E-state index >= 15 is 0 Å². The van der Waals surface area contributed by atoms with E-state index in [-0.39, 0.29) is 24.1 Å². The molecule has 0 saturated carbocycles. The molecule has 0 aliphatic rings. The van der Waals surface area contributed by atoms with E-state index < -0.39 is 0 Å². The predicted octanol–water partition coefficient (Wildman–Crippen LogP) is 2.41. The van der Waals surface area contributed by atoms with Crippen molar-refractivity contribution in [2.45, 2.75) is 6.42 Å². The normalized spacial score (nSPS) is 10.9. The standard InChI is InChI=1S/C21H20FN5O2/c1-27-21(15-4-7-17(22)8-5-15)16(13-24-27)6-11-19(28)25-18-9-2-14(3-10-18)12-20(29)26-23/h2-11,13H,12,23H2,1H3,(H,25,28)(H,26,29). The van der Waals surface area contributed by atoms with Gasteiger partial charge in [-0.2, -0.15) is 5.10 Å². The Hall–Kier alpha value is -3.78. The number of nitrogens with one attached hydrogen (secondary N) is 2. The monoisotopic (exact) mass is 393 g/mol. The molecule has 0 saturated heterocycles. The second kappa shape index (κ2) is 8.94. The maximum absolute atomic E-state index is 13.2. The molecule has 0 atom stereocenters. The SMILES string of the molecule is Cn1ncc(C=CC(=O)Nc2ccc(CC(=O)NN)cc2)c1-c1ccc(F)cc1. The third-order valence-corrected chi connectivity index (χ3v) is 4.25. The minimum Gasteiger partial charge on any atom is -0.323 e. The summed E-state index contributed by atoms with van der Waals surface area (Å²) in [5.41, 5.74) is 5.75. The number of aromatic nitrogens is 2. The first-order chi connectivity index (χ1) is 14.0. The van der Waals surface area contributed by atoms with Crippen LogP contribution in [0.25, 0.3) is 17.3 Å². The summed E-state index contributed by atoms with van der Waals surface area (Å²) in [7, 11) is 1.78. The summed E-state index contributed by atoms with van der Waals surface area (Å²) in [4.78, 5) is 23.5. The molecular weight excluding hydrogens is 373 g/mol. The smallest absolute Gasteiger partial charge is 0.248 e. The number of halogens is 1. The van der Waals surface area contributed by atoms with Crippen LogP contribution in [0.15, 0.2) is 60.8 Å². The summed E-state index contributed by atoms with van der Waals surface area (Å²) in [6.07, 6.45) is 4.86. The molecule has 0 bridgehead atoms. The predicted molar refractivity (Wildman–Crippen MR) is 109 cm³/mol. The molecule has 7 nitrogen and oxygen atoms in total. The Bertz CT molecular complexity index is 1040. The second-order valence-electron chi connectivity index (χ2n) is 6.34. The van der Waals surface area contributed by atoms with Gasteiger partial charge in [-0.3, -0.25) is 19.7 Å². The Morgan fingerprint density at radius 2 is 1.83 bits per heavy atom. The number of hydrogen-bond donors (Lipinski definition) is 3. The summed E-state index contributed by atoms with van der Waals surface area (Å²) < 4.78 is 14.8. The fraction of sp³-hybridized carbons (Fsp3) is 0.0952. The molecule has 4 N–H and O–H groups in total. The molecule has 3 rings (SSSR count). The lowest BCUT2D eigenvalue weighted by atomic mass is 10.1. The van der Waals surface area contributed by atoms with Crippen LogP contribution in [0.3, 0.4) is 0 Å². The molecule has 29 heavy (non-hydrogen) atoms. The van der Waals surface area contributed by atoms with Crippen LogP contribution < -0.4 is 16.6 Å². The number of aryl methyl sites for hydroxylation is 1. The van der Waals surface area contributed by atoms with E-state index in [1.165, 1.54) is 18.2 Å². The lowest BCUT2D eigenvalue weighted by Crippen LogP contribution is -2.31. The van der Waals surface area contributed by atoms with Gasteiger partial charge in [0.15, 0.2) is 0 Å². The molecule has 2 amide bonds. The number of amides is 2. The van der Waals surface area contributed by atoms with Crippen molar-refractivity contribution in [3.8, 4) is 11.3 Å². The average Bonchev–Trinajstić information content (AvgIpc) is 3.09. The Morgan fingerprint density at radius 1 is 1.14 bits per heavy atom. The first-order valence-corrected chi connectivity index (χ1v) is 8.81. The minimum atomic E-state index is -0.318. The Balaban J connectivity index is 1.68. The highest BCUT2D eigenvalue weighted by atomic mass is 19.1. The Morgan fingerprint density at radius 3 is 2.48 bits per heavy atom. The summed E-state index contributed by atoms with van der Waals surface area (Å²) >= 11 is 0. The maximum Gasteiger partial charge on any atom is 0.248 e. The molecule has 2 aromatic carbocycles. The van der Waals surface area contributed by atoms with Gasteiger partial charge in [0.05, 0.1) is 18.3 Å². The zero-order valence-electron chi connectivity index (χ0n) is 15.7. The zero-order chi connectivity index (χ0) is 20.8. The van der Waals surface area contributed by atoms with Gasteiger partial charge in [-0.05, 0) is 48.0 Å². The van der Waals surface area contributed by atoms with Crippen LogP contribution in [0.2, 0.25) is 0 Å². The van der Waals surface area contributed by atoms with Crippen molar-refractivity contribution in [2.24, 2.45) is 12.9 Å². The van der Waals surface area contributed by atoms with Crippen LogP contribution in [-0.4, -0.2) is 21.6 Å². The number of anilines is 1. The first kappa shape index (κ1) is 20.0. The van der Waals surface area contributed by atoms with E-state index in [0.29, 0.717) is 5.69 Å². The van der Waals surface area contributed by atoms with Crippen LogP contribution in [0.5, 0.6) is 0 Å². The summed E-state index contributed by atoms with van der Waals surface area (Å²) in [6.45, 7) is 0. The molecule has 0 aliphatic carbocycles. The third kappa shape index (κ3) is 5.14. The Labute approximate surface area is 167 Å². The molecule has 0 fully saturated rings. The van der Waals surface area contributed by atoms with Crippen LogP contribution in [-0.2, 0) is 23.1 Å². The highest BCUT2D eigenvalue weighted by Crippen LogP contribution is 2.24. The molecule has 0 spiro atoms. The summed E-state index contributed by atoms with van der Waals surface area (Å²) in [5, 5.41) is 6.97. The van der Waals surface area contributed by atoms with Gasteiger partial charge in [-0.25, -0.2) is 10.2 Å². The first-order valence-electron chi connectivity index (χ1n) is 8.81. The van der Waals surface area contributed by atoms with E-state index in [9.17, 15) is 14.0 Å². The van der Waals surface area contributed by atoms with Gasteiger partial charge in [-0.15, -0.1) is 0 Å². The Kier molecular flexibility index (Phi) is 6.16. The summed E-state index contributed by atoms with van der Waals surface area (Å²) in [5.74, 6) is 4.14. The number of carbonyl (C=O) groups is 2. The van der Waals surface area contributed by atoms with Gasteiger partial charge >= 0.3 is 0 Å². The molecule has 3 aromatic rings. The fourth-order valence-electron chi connectivity index (χ4n) is 2.83. The highest BCUT2D eigenvalue weighted by molar-refractivity contribution is 6.02. The molecule has 8 heteroatoms. The van der Waals surface area contributed by atoms with E-state index in [0.717, 1.165) is 22.4 Å². The molecule has 0 aliphatic heterocycles. The molecular formula is C21H20FN5O2. The lowest BCUT2D eigenvalue weighted by molar-refractivity contribution is -0.120. The maximum atomic E-state index is 13.2. The number of rotatable bonds is 6. The van der Waals surface area contributed by atoms with E-state index in [1.807, 2.05) is 0 Å². The molecule has 1 heterocycles. The van der Waals surface area contributed by atoms with Crippen LogP contribution in [0.1, 0.15) is 11.1 Å². The van der Waals surface area contributed by atoms with Crippen molar-refractivity contribution in [1.29, 1.82) is 0 Å². The van der Waals surface area contributed by atoms with E-state index in [4.69, 9.17) is 5.84 Å². The highest BCUT2D eigenvalue weighted by Gasteiger charge is 2.09. The third-order valence-electron chi connectivity index (χ3n) is 4.25. The second-order valence-corrected chi connectivity index (χ2v) is 6.34. The van der Waals surface area contributed by atoms with E-state index in [1.54, 1.807) is 60.4 Å². The van der Waals surface area contributed by atoms with Gasteiger partial charge in [0.1, 0.15) is 5.82 Å². The largest absolute Gasteiger partial charge is 0.323 e. The molecule has 0 radical (unpaired) electrons. The molecule has 1 aromatic heterocycles. The zero-order valence-corrected chi connectivity index (χ0v) is 15.7. The summed E-state index contributed by atoms with van der Waals surface area (Å²) in [6, 6.07) is 13.0. The quantitative estimate of drug-likeness (QED) is 0.259. The molecule has 148 valence electrons. The van der Waals surface area contributed by atoms with E-state index in [2.05, 4.69) is 15.8 Å². The molecule has 0 unspecified atom stereocenters. The van der Waals surface area contributed by atoms with Crippen LogP contribution >= 0.6 is 0 Å². The van der Waals surface area contributed by atoms with Gasteiger partial charge in [0.25, 0.3) is 0 Å². The fourth-order valence-corrected chi connectivity index (χ4v) is 2.83. The number of nitrogens with two attached hydrogens (primary N) is 1. The van der Waals surface area contributed by atoms with Gasteiger partial charge < -0.3 is 5.32 Å². The van der Waals surface area contributed by atoms with Crippen molar-refractivity contribution >= 4 is 23.6 Å². The average molecular weight is 393 g/mol. The van der Waals surface area contributed by atoms with Gasteiger partial charge in [-0.1, -0.05) is 12.1 Å². The van der Waals surface area contributed by atoms with Crippen molar-refractivity contribution < 1.29 is 14.0 Å². The minimum absolute atomic E-state index is 0.164. The van der Waals surface area contributed by atoms with Gasteiger partial charge in [0, 0.05) is 29.9 Å².